The summed E-state index contributed by atoms with van der Waals surface area (Å²) in [5.41, 5.74) is 1.73. The highest BCUT2D eigenvalue weighted by molar-refractivity contribution is 7.92. The van der Waals surface area contributed by atoms with Gasteiger partial charge in [-0.15, -0.1) is 0 Å². The molecule has 1 fully saturated rings. The monoisotopic (exact) mass is 641 g/mol. The van der Waals surface area contributed by atoms with E-state index in [0.29, 0.717) is 22.1 Å². The molecule has 0 saturated heterocycles. The van der Waals surface area contributed by atoms with Crippen LogP contribution < -0.4 is 19.1 Å². The van der Waals surface area contributed by atoms with E-state index in [1.165, 1.54) is 37.3 Å². The molecule has 11 heteroatoms. The van der Waals surface area contributed by atoms with Crippen molar-refractivity contribution in [1.82, 2.24) is 10.2 Å². The zero-order chi connectivity index (χ0) is 31.9. The zero-order valence-electron chi connectivity index (χ0n) is 25.6. The number of halogens is 1. The van der Waals surface area contributed by atoms with E-state index >= 15 is 0 Å². The van der Waals surface area contributed by atoms with E-state index in [-0.39, 0.29) is 29.1 Å². The first-order chi connectivity index (χ1) is 21.0. The Kier molecular flexibility index (Phi) is 11.2. The van der Waals surface area contributed by atoms with Crippen LogP contribution in [-0.2, 0) is 26.2 Å². The van der Waals surface area contributed by atoms with Crippen LogP contribution in [0.5, 0.6) is 11.5 Å². The third kappa shape index (κ3) is 7.84. The van der Waals surface area contributed by atoms with Gasteiger partial charge < -0.3 is 19.7 Å². The molecule has 1 aliphatic carbocycles. The Labute approximate surface area is 265 Å². The minimum Gasteiger partial charge on any atom is -0.493 e. The Morgan fingerprint density at radius 3 is 2.25 bits per heavy atom. The predicted molar refractivity (Wildman–Crippen MR) is 172 cm³/mol. The molecule has 0 aliphatic heterocycles. The third-order valence-corrected chi connectivity index (χ3v) is 10.1. The Balaban J connectivity index is 1.73. The number of carbonyl (C=O) groups excluding carboxylic acids is 2. The summed E-state index contributed by atoms with van der Waals surface area (Å²) in [6.07, 6.45) is 5.00. The van der Waals surface area contributed by atoms with Gasteiger partial charge in [0.1, 0.15) is 12.6 Å². The number of aryl methyl sites for hydroxylation is 1. The van der Waals surface area contributed by atoms with Gasteiger partial charge in [-0.1, -0.05) is 66.8 Å². The van der Waals surface area contributed by atoms with Gasteiger partial charge in [0.05, 0.1) is 24.8 Å². The van der Waals surface area contributed by atoms with Crippen molar-refractivity contribution < 1.29 is 27.5 Å². The Bertz CT molecular complexity index is 1560. The number of ether oxygens (including phenoxy) is 2. The second-order valence-electron chi connectivity index (χ2n) is 11.0. The number of rotatable bonds is 12. The summed E-state index contributed by atoms with van der Waals surface area (Å²) in [6, 6.07) is 17.3. The van der Waals surface area contributed by atoms with Crippen LogP contribution in [0.1, 0.15) is 50.2 Å². The van der Waals surface area contributed by atoms with Crippen LogP contribution >= 0.6 is 11.6 Å². The average molecular weight is 642 g/mol. The normalized spacial score (nSPS) is 14.4. The van der Waals surface area contributed by atoms with Crippen LogP contribution in [0.25, 0.3) is 0 Å². The van der Waals surface area contributed by atoms with Gasteiger partial charge in [0.2, 0.25) is 11.8 Å². The first-order valence-corrected chi connectivity index (χ1v) is 16.5. The average Bonchev–Trinajstić information content (AvgIpc) is 3.03. The first kappa shape index (κ1) is 33.1. The number of nitrogens with one attached hydrogen (secondary N) is 1. The molecule has 1 aliphatic rings. The van der Waals surface area contributed by atoms with Gasteiger partial charge >= 0.3 is 0 Å². The van der Waals surface area contributed by atoms with Crippen LogP contribution in [-0.4, -0.2) is 58.0 Å². The second kappa shape index (κ2) is 14.8. The number of sulfonamides is 1. The molecule has 3 aromatic carbocycles. The lowest BCUT2D eigenvalue weighted by Gasteiger charge is -2.33. The number of anilines is 1. The highest BCUT2D eigenvalue weighted by Gasteiger charge is 2.34. The van der Waals surface area contributed by atoms with Crippen LogP contribution in [0.3, 0.4) is 0 Å². The van der Waals surface area contributed by atoms with Gasteiger partial charge in [0.25, 0.3) is 10.0 Å². The summed E-state index contributed by atoms with van der Waals surface area (Å²) >= 11 is 6.47. The summed E-state index contributed by atoms with van der Waals surface area (Å²) in [7, 11) is -1.30. The van der Waals surface area contributed by atoms with E-state index in [0.717, 1.165) is 42.0 Å². The van der Waals surface area contributed by atoms with Crippen molar-refractivity contribution in [2.75, 3.05) is 25.1 Å². The maximum Gasteiger partial charge on any atom is 0.264 e. The molecule has 0 bridgehead atoms. The van der Waals surface area contributed by atoms with Gasteiger partial charge in [-0.3, -0.25) is 13.9 Å². The largest absolute Gasteiger partial charge is 0.493 e. The van der Waals surface area contributed by atoms with Crippen molar-refractivity contribution in [3.05, 3.63) is 82.9 Å². The molecule has 0 heterocycles. The summed E-state index contributed by atoms with van der Waals surface area (Å²) < 4.78 is 40.1. The molecule has 1 saturated carbocycles. The molecule has 0 radical (unpaired) electrons. The Morgan fingerprint density at radius 1 is 0.955 bits per heavy atom. The molecule has 0 spiro atoms. The fraction of sp³-hybridized carbons (Fsp3) is 0.394. The molecule has 1 N–H and O–H groups in total. The number of methoxy groups -OCH3 is 2. The summed E-state index contributed by atoms with van der Waals surface area (Å²) in [6.45, 7) is 2.96. The van der Waals surface area contributed by atoms with Crippen molar-refractivity contribution in [3.8, 4) is 11.5 Å². The first-order valence-electron chi connectivity index (χ1n) is 14.7. The van der Waals surface area contributed by atoms with E-state index < -0.39 is 28.5 Å². The smallest absolute Gasteiger partial charge is 0.264 e. The molecule has 236 valence electrons. The number of nitrogens with zero attached hydrogens (tertiary/aromatic N) is 2. The molecule has 44 heavy (non-hydrogen) atoms. The fourth-order valence-corrected chi connectivity index (χ4v) is 6.91. The molecule has 3 aromatic rings. The quantitative estimate of drug-likeness (QED) is 0.271. The number of carbonyl (C=O) groups is 2. The molecule has 9 nitrogen and oxygen atoms in total. The molecule has 4 rings (SSSR count). The highest BCUT2D eigenvalue weighted by atomic mass is 35.5. The maximum atomic E-state index is 14.2. The minimum atomic E-state index is -4.23. The highest BCUT2D eigenvalue weighted by Crippen LogP contribution is 2.34. The Hall–Kier alpha value is -3.76. The molecule has 0 unspecified atom stereocenters. The van der Waals surface area contributed by atoms with Crippen LogP contribution in [0, 0.1) is 6.92 Å². The minimum absolute atomic E-state index is 0.0160. The zero-order valence-corrected chi connectivity index (χ0v) is 27.2. The lowest BCUT2D eigenvalue weighted by molar-refractivity contribution is -0.139. The predicted octanol–water partition coefficient (Wildman–Crippen LogP) is 5.73. The molecule has 0 aromatic heterocycles. The molecule has 1 atom stereocenters. The molecular weight excluding hydrogens is 602 g/mol. The van der Waals surface area contributed by atoms with E-state index in [1.807, 2.05) is 6.92 Å². The van der Waals surface area contributed by atoms with Crippen molar-refractivity contribution in [1.29, 1.82) is 0 Å². The van der Waals surface area contributed by atoms with Crippen molar-refractivity contribution >= 4 is 39.1 Å². The summed E-state index contributed by atoms with van der Waals surface area (Å²) in [4.78, 5) is 29.1. The standard InChI is InChI=1S/C33H40ClN3O6S/c1-23-14-17-28(18-15-23)44(40,41)37(27-16-19-30(42-3)31(20-27)43-4)22-32(38)36(21-25-10-8-9-13-29(25)34)24(2)33(39)35-26-11-6-5-7-12-26/h8-10,13-20,24,26H,5-7,11-12,21-22H2,1-4H3,(H,35,39)/t24-/m0/s1. The number of amides is 2. The topological polar surface area (TPSA) is 105 Å². The van der Waals surface area contributed by atoms with E-state index in [2.05, 4.69) is 5.32 Å². The third-order valence-electron chi connectivity index (χ3n) is 7.96. The summed E-state index contributed by atoms with van der Waals surface area (Å²) in [5.74, 6) is -0.156. The summed E-state index contributed by atoms with van der Waals surface area (Å²) in [5, 5.41) is 3.54. The molecule has 2 amide bonds. The van der Waals surface area contributed by atoms with Crippen LogP contribution in [0.15, 0.2) is 71.6 Å². The second-order valence-corrected chi connectivity index (χ2v) is 13.3. The van der Waals surface area contributed by atoms with E-state index in [1.54, 1.807) is 55.5 Å². The fourth-order valence-electron chi connectivity index (χ4n) is 5.31. The lowest BCUT2D eigenvalue weighted by Crippen LogP contribution is -2.53. The van der Waals surface area contributed by atoms with Crippen LogP contribution in [0.4, 0.5) is 5.69 Å². The van der Waals surface area contributed by atoms with Gasteiger partial charge in [-0.2, -0.15) is 0 Å². The molecular formula is C33H40ClN3O6S. The van der Waals surface area contributed by atoms with Crippen molar-refractivity contribution in [2.24, 2.45) is 0 Å². The van der Waals surface area contributed by atoms with Gasteiger partial charge in [-0.05, 0) is 62.6 Å². The van der Waals surface area contributed by atoms with Gasteiger partial charge in [0, 0.05) is 23.7 Å². The number of hydrogen-bond acceptors (Lipinski definition) is 6. The lowest BCUT2D eigenvalue weighted by atomic mass is 9.95. The SMILES string of the molecule is COc1ccc(N(CC(=O)N(Cc2ccccc2Cl)[C@@H](C)C(=O)NC2CCCCC2)S(=O)(=O)c2ccc(C)cc2)cc1OC. The van der Waals surface area contributed by atoms with Crippen LogP contribution in [0.2, 0.25) is 5.02 Å². The number of hydrogen-bond donors (Lipinski definition) is 1. The van der Waals surface area contributed by atoms with Crippen molar-refractivity contribution in [2.45, 2.75) is 69.5 Å². The van der Waals surface area contributed by atoms with Gasteiger partial charge in [0.15, 0.2) is 11.5 Å². The van der Waals surface area contributed by atoms with E-state index in [4.69, 9.17) is 21.1 Å². The number of benzene rings is 3. The maximum absolute atomic E-state index is 14.2. The Morgan fingerprint density at radius 2 is 1.61 bits per heavy atom. The van der Waals surface area contributed by atoms with E-state index in [9.17, 15) is 18.0 Å². The van der Waals surface area contributed by atoms with Crippen molar-refractivity contribution in [3.63, 3.8) is 0 Å². The van der Waals surface area contributed by atoms with Gasteiger partial charge in [-0.25, -0.2) is 8.42 Å².